The van der Waals surface area contributed by atoms with Gasteiger partial charge in [-0.05, 0) is 53.3 Å². The summed E-state index contributed by atoms with van der Waals surface area (Å²) in [6, 6.07) is 9.07. The highest BCUT2D eigenvalue weighted by atomic mass is 79.9. The van der Waals surface area contributed by atoms with Crippen molar-refractivity contribution in [2.45, 2.75) is 6.92 Å². The summed E-state index contributed by atoms with van der Waals surface area (Å²) in [6.45, 7) is 4.60. The summed E-state index contributed by atoms with van der Waals surface area (Å²) in [5.74, 6) is -0.00451. The van der Waals surface area contributed by atoms with Crippen LogP contribution in [0.4, 0.5) is 11.6 Å². The quantitative estimate of drug-likeness (QED) is 0.417. The van der Waals surface area contributed by atoms with Crippen molar-refractivity contribution in [1.82, 2.24) is 5.32 Å². The standard InChI is InChI=1S/C20H18BrN3O4S/c1-12-2-4-13(5-3-12)24-18(26)15(17(25)22-20(24)29)10-14-11-16(21)19(28-14)23-6-8-27-9-7-23/h2-5,10-11H,6-9H2,1H3,(H,22,25,29)/b15-10+. The van der Waals surface area contributed by atoms with Gasteiger partial charge in [-0.3, -0.25) is 19.8 Å². The number of thiocarbonyl (C=S) groups is 1. The van der Waals surface area contributed by atoms with Crippen molar-refractivity contribution in [3.05, 3.63) is 51.7 Å². The number of rotatable bonds is 3. The molecule has 0 spiro atoms. The number of amides is 2. The molecule has 0 bridgehead atoms. The Balaban J connectivity index is 1.65. The maximum absolute atomic E-state index is 13.1. The van der Waals surface area contributed by atoms with Crippen LogP contribution >= 0.6 is 28.1 Å². The number of halogens is 1. The molecule has 0 radical (unpaired) electrons. The lowest BCUT2D eigenvalue weighted by Crippen LogP contribution is -2.54. The van der Waals surface area contributed by atoms with Crippen LogP contribution in [-0.4, -0.2) is 43.2 Å². The normalized spacial score (nSPS) is 19.1. The number of ether oxygens (including phenoxy) is 1. The average molecular weight is 476 g/mol. The fraction of sp³-hybridized carbons (Fsp3) is 0.250. The van der Waals surface area contributed by atoms with E-state index >= 15 is 0 Å². The van der Waals surface area contributed by atoms with Crippen LogP contribution in [0.3, 0.4) is 0 Å². The van der Waals surface area contributed by atoms with Gasteiger partial charge in [0.05, 0.1) is 23.4 Å². The zero-order valence-corrected chi connectivity index (χ0v) is 18.0. The summed E-state index contributed by atoms with van der Waals surface area (Å²) >= 11 is 8.71. The molecular weight excluding hydrogens is 458 g/mol. The number of nitrogens with zero attached hydrogens (tertiary/aromatic N) is 2. The SMILES string of the molecule is Cc1ccc(N2C(=O)/C(=C/c3cc(Br)c(N4CCOCC4)o3)C(=O)NC2=S)cc1. The molecule has 2 fully saturated rings. The molecule has 3 heterocycles. The van der Waals surface area contributed by atoms with E-state index in [0.29, 0.717) is 43.6 Å². The summed E-state index contributed by atoms with van der Waals surface area (Å²) in [4.78, 5) is 28.9. The second-order valence-electron chi connectivity index (χ2n) is 6.69. The molecule has 29 heavy (non-hydrogen) atoms. The van der Waals surface area contributed by atoms with Crippen LogP contribution in [-0.2, 0) is 14.3 Å². The van der Waals surface area contributed by atoms with Gasteiger partial charge in [0.25, 0.3) is 11.8 Å². The first-order valence-corrected chi connectivity index (χ1v) is 10.2. The number of carbonyl (C=O) groups is 2. The van der Waals surface area contributed by atoms with Gasteiger partial charge in [0.2, 0.25) is 5.88 Å². The maximum atomic E-state index is 13.1. The number of benzene rings is 1. The highest BCUT2D eigenvalue weighted by Gasteiger charge is 2.35. The van der Waals surface area contributed by atoms with Gasteiger partial charge in [-0.25, -0.2) is 0 Å². The van der Waals surface area contributed by atoms with E-state index in [1.54, 1.807) is 18.2 Å². The Labute approximate surface area is 181 Å². The van der Waals surface area contributed by atoms with E-state index in [9.17, 15) is 9.59 Å². The van der Waals surface area contributed by atoms with Gasteiger partial charge in [0.1, 0.15) is 11.3 Å². The van der Waals surface area contributed by atoms with E-state index in [0.717, 1.165) is 10.0 Å². The Morgan fingerprint density at radius 3 is 2.55 bits per heavy atom. The zero-order chi connectivity index (χ0) is 20.5. The van der Waals surface area contributed by atoms with Crippen LogP contribution in [0.2, 0.25) is 0 Å². The third kappa shape index (κ3) is 3.98. The van der Waals surface area contributed by atoms with Crippen molar-refractivity contribution in [2.75, 3.05) is 36.1 Å². The fourth-order valence-electron chi connectivity index (χ4n) is 3.16. The van der Waals surface area contributed by atoms with Gasteiger partial charge in [0.15, 0.2) is 5.11 Å². The van der Waals surface area contributed by atoms with Crippen LogP contribution in [0.5, 0.6) is 0 Å². The molecule has 1 aromatic carbocycles. The van der Waals surface area contributed by atoms with Crippen LogP contribution in [0, 0.1) is 6.92 Å². The van der Waals surface area contributed by atoms with Gasteiger partial charge in [0, 0.05) is 19.2 Å². The molecule has 2 amide bonds. The molecule has 2 aromatic rings. The second kappa shape index (κ2) is 8.10. The molecule has 1 N–H and O–H groups in total. The Hall–Kier alpha value is -2.49. The number of aryl methyl sites for hydroxylation is 1. The molecule has 2 aliphatic heterocycles. The van der Waals surface area contributed by atoms with Crippen LogP contribution in [0.1, 0.15) is 11.3 Å². The topological polar surface area (TPSA) is 75.0 Å². The summed E-state index contributed by atoms with van der Waals surface area (Å²) in [5, 5.41) is 2.63. The van der Waals surface area contributed by atoms with E-state index in [1.807, 2.05) is 24.0 Å². The van der Waals surface area contributed by atoms with Crippen molar-refractivity contribution in [1.29, 1.82) is 0 Å². The fourth-order valence-corrected chi connectivity index (χ4v) is 4.00. The van der Waals surface area contributed by atoms with Crippen molar-refractivity contribution in [3.63, 3.8) is 0 Å². The molecule has 0 saturated carbocycles. The predicted octanol–water partition coefficient (Wildman–Crippen LogP) is 3.02. The Morgan fingerprint density at radius 1 is 1.17 bits per heavy atom. The minimum Gasteiger partial charge on any atom is -0.440 e. The molecule has 0 aliphatic carbocycles. The van der Waals surface area contributed by atoms with E-state index in [-0.39, 0.29) is 10.7 Å². The summed E-state index contributed by atoms with van der Waals surface area (Å²) < 4.78 is 12.0. The monoisotopic (exact) mass is 475 g/mol. The van der Waals surface area contributed by atoms with Crippen molar-refractivity contribution in [3.8, 4) is 0 Å². The first-order chi connectivity index (χ1) is 13.9. The molecule has 2 aliphatic rings. The third-order valence-corrected chi connectivity index (χ3v) is 5.52. The molecule has 150 valence electrons. The zero-order valence-electron chi connectivity index (χ0n) is 15.6. The number of hydrogen-bond acceptors (Lipinski definition) is 6. The lowest BCUT2D eigenvalue weighted by Gasteiger charge is -2.28. The van der Waals surface area contributed by atoms with Gasteiger partial charge in [-0.15, -0.1) is 0 Å². The molecule has 0 atom stereocenters. The Morgan fingerprint density at radius 2 is 1.86 bits per heavy atom. The maximum Gasteiger partial charge on any atom is 0.270 e. The van der Waals surface area contributed by atoms with Gasteiger partial charge in [-0.1, -0.05) is 17.7 Å². The molecular formula is C20H18BrN3O4S. The van der Waals surface area contributed by atoms with Crippen LogP contribution < -0.4 is 15.1 Å². The van der Waals surface area contributed by atoms with Crippen molar-refractivity contribution < 1.29 is 18.7 Å². The first-order valence-electron chi connectivity index (χ1n) is 9.04. The summed E-state index contributed by atoms with van der Waals surface area (Å²) in [5.41, 5.74) is 1.60. The lowest BCUT2D eigenvalue weighted by atomic mass is 10.1. The minimum absolute atomic E-state index is 0.0473. The number of nitrogens with one attached hydrogen (secondary N) is 1. The number of morpholine rings is 1. The minimum atomic E-state index is -0.552. The third-order valence-electron chi connectivity index (χ3n) is 4.67. The highest BCUT2D eigenvalue weighted by molar-refractivity contribution is 9.10. The van der Waals surface area contributed by atoms with Crippen LogP contribution in [0.25, 0.3) is 6.08 Å². The predicted molar refractivity (Wildman–Crippen MR) is 117 cm³/mol. The van der Waals surface area contributed by atoms with Gasteiger partial charge in [-0.2, -0.15) is 0 Å². The second-order valence-corrected chi connectivity index (χ2v) is 7.94. The summed E-state index contributed by atoms with van der Waals surface area (Å²) in [7, 11) is 0. The number of anilines is 2. The Kier molecular flexibility index (Phi) is 5.53. The molecule has 9 heteroatoms. The first kappa shape index (κ1) is 19.8. The number of furan rings is 1. The Bertz CT molecular complexity index is 1010. The molecule has 7 nitrogen and oxygen atoms in total. The average Bonchev–Trinajstić information content (AvgIpc) is 3.07. The van der Waals surface area contributed by atoms with E-state index in [2.05, 4.69) is 21.2 Å². The number of carbonyl (C=O) groups excluding carboxylic acids is 2. The largest absolute Gasteiger partial charge is 0.440 e. The number of hydrogen-bond donors (Lipinski definition) is 1. The van der Waals surface area contributed by atoms with Gasteiger partial charge >= 0.3 is 0 Å². The molecule has 1 aromatic heterocycles. The van der Waals surface area contributed by atoms with E-state index < -0.39 is 11.8 Å². The smallest absolute Gasteiger partial charge is 0.270 e. The highest BCUT2D eigenvalue weighted by Crippen LogP contribution is 2.32. The van der Waals surface area contributed by atoms with E-state index in [4.69, 9.17) is 21.4 Å². The van der Waals surface area contributed by atoms with Crippen molar-refractivity contribution >= 4 is 62.7 Å². The molecule has 4 rings (SSSR count). The molecule has 2 saturated heterocycles. The molecule has 0 unspecified atom stereocenters. The van der Waals surface area contributed by atoms with Gasteiger partial charge < -0.3 is 14.1 Å². The van der Waals surface area contributed by atoms with E-state index in [1.165, 1.54) is 11.0 Å². The summed E-state index contributed by atoms with van der Waals surface area (Å²) in [6.07, 6.45) is 1.44. The van der Waals surface area contributed by atoms with Crippen molar-refractivity contribution in [2.24, 2.45) is 0 Å². The van der Waals surface area contributed by atoms with Crippen LogP contribution in [0.15, 0.2) is 44.8 Å². The lowest BCUT2D eigenvalue weighted by molar-refractivity contribution is -0.122.